The van der Waals surface area contributed by atoms with Gasteiger partial charge in [-0.15, -0.1) is 0 Å². The van der Waals surface area contributed by atoms with E-state index in [-0.39, 0.29) is 11.9 Å². The molecule has 0 radical (unpaired) electrons. The van der Waals surface area contributed by atoms with Crippen molar-refractivity contribution in [3.63, 3.8) is 0 Å². The van der Waals surface area contributed by atoms with Crippen LogP contribution in [0.15, 0.2) is 36.7 Å². The van der Waals surface area contributed by atoms with Gasteiger partial charge in [-0.2, -0.15) is 0 Å². The fourth-order valence-electron chi connectivity index (χ4n) is 3.48. The number of aromatic nitrogens is 2. The number of piperidine rings is 1. The molecule has 2 heterocycles. The predicted molar refractivity (Wildman–Crippen MR) is 103 cm³/mol. The molecule has 2 aromatic rings. The summed E-state index contributed by atoms with van der Waals surface area (Å²) in [7, 11) is 1.61. The number of carbonyl (C=O) groups excluding carboxylic acids is 2. The van der Waals surface area contributed by atoms with Gasteiger partial charge in [0.05, 0.1) is 0 Å². The number of imidazole rings is 1. The second kappa shape index (κ2) is 8.70. The van der Waals surface area contributed by atoms with Gasteiger partial charge in [0, 0.05) is 51.2 Å². The lowest BCUT2D eigenvalue weighted by atomic mass is 9.98. The minimum atomic E-state index is -0.113. The van der Waals surface area contributed by atoms with Gasteiger partial charge in [-0.1, -0.05) is 12.1 Å². The van der Waals surface area contributed by atoms with Crippen LogP contribution in [0, 0.1) is 12.8 Å². The Bertz CT molecular complexity index is 784. The van der Waals surface area contributed by atoms with Crippen molar-refractivity contribution in [2.75, 3.05) is 20.1 Å². The standard InChI is InChI=1S/C20H27N5O2/c1-15-22-9-11-24(15)13-17-4-3-10-25(14-17)20(27)23-12-16-5-7-18(8-6-16)19(26)21-2/h5-9,11,17H,3-4,10,12-14H2,1-2H3,(H,21,26)(H,23,27)/t17-/m1/s1. The summed E-state index contributed by atoms with van der Waals surface area (Å²) in [4.78, 5) is 30.3. The minimum Gasteiger partial charge on any atom is -0.355 e. The molecule has 1 aliphatic heterocycles. The summed E-state index contributed by atoms with van der Waals surface area (Å²) in [5.41, 5.74) is 1.58. The molecule has 0 aliphatic carbocycles. The molecule has 1 aromatic heterocycles. The van der Waals surface area contributed by atoms with Gasteiger partial charge in [-0.3, -0.25) is 4.79 Å². The van der Waals surface area contributed by atoms with E-state index in [2.05, 4.69) is 20.2 Å². The Kier molecular flexibility index (Phi) is 6.11. The Labute approximate surface area is 159 Å². The molecule has 1 aliphatic rings. The Morgan fingerprint density at radius 1 is 1.26 bits per heavy atom. The van der Waals surface area contributed by atoms with Crippen molar-refractivity contribution < 1.29 is 9.59 Å². The van der Waals surface area contributed by atoms with E-state index in [9.17, 15) is 9.59 Å². The number of nitrogens with zero attached hydrogens (tertiary/aromatic N) is 3. The van der Waals surface area contributed by atoms with Crippen LogP contribution >= 0.6 is 0 Å². The molecule has 144 valence electrons. The van der Waals surface area contributed by atoms with Gasteiger partial charge in [0.15, 0.2) is 0 Å². The maximum Gasteiger partial charge on any atom is 0.317 e. The first-order chi connectivity index (χ1) is 13.1. The highest BCUT2D eigenvalue weighted by Gasteiger charge is 2.24. The number of rotatable bonds is 5. The number of carbonyl (C=O) groups is 2. The molecular weight excluding hydrogens is 342 g/mol. The van der Waals surface area contributed by atoms with E-state index < -0.39 is 0 Å². The Balaban J connectivity index is 1.50. The van der Waals surface area contributed by atoms with Gasteiger partial charge in [0.1, 0.15) is 5.82 Å². The zero-order valence-electron chi connectivity index (χ0n) is 15.9. The smallest absolute Gasteiger partial charge is 0.317 e. The number of urea groups is 1. The lowest BCUT2D eigenvalue weighted by Gasteiger charge is -2.33. The number of nitrogens with one attached hydrogen (secondary N) is 2. The van der Waals surface area contributed by atoms with Crippen LogP contribution in [0.25, 0.3) is 0 Å². The maximum absolute atomic E-state index is 12.5. The van der Waals surface area contributed by atoms with Gasteiger partial charge < -0.3 is 20.1 Å². The zero-order valence-corrected chi connectivity index (χ0v) is 15.9. The van der Waals surface area contributed by atoms with Crippen LogP contribution in [0.1, 0.15) is 34.6 Å². The third-order valence-electron chi connectivity index (χ3n) is 5.07. The van der Waals surface area contributed by atoms with Crippen LogP contribution in [0.3, 0.4) is 0 Å². The highest BCUT2D eigenvalue weighted by molar-refractivity contribution is 5.93. The van der Waals surface area contributed by atoms with Crippen LogP contribution in [0.2, 0.25) is 0 Å². The Morgan fingerprint density at radius 3 is 2.70 bits per heavy atom. The van der Waals surface area contributed by atoms with Crippen LogP contribution in [-0.2, 0) is 13.1 Å². The highest BCUT2D eigenvalue weighted by atomic mass is 16.2. The molecule has 3 rings (SSSR count). The Hall–Kier alpha value is -2.83. The average molecular weight is 369 g/mol. The number of amides is 3. The van der Waals surface area contributed by atoms with Crippen molar-refractivity contribution in [3.05, 3.63) is 53.6 Å². The van der Waals surface area contributed by atoms with Crippen molar-refractivity contribution in [2.45, 2.75) is 32.9 Å². The molecule has 1 saturated heterocycles. The average Bonchev–Trinajstić information content (AvgIpc) is 3.10. The van der Waals surface area contributed by atoms with Crippen molar-refractivity contribution in [2.24, 2.45) is 5.92 Å². The SMILES string of the molecule is CNC(=O)c1ccc(CNC(=O)N2CCC[C@H](Cn3ccnc3C)C2)cc1. The van der Waals surface area contributed by atoms with E-state index in [4.69, 9.17) is 0 Å². The van der Waals surface area contributed by atoms with Crippen molar-refractivity contribution in [1.29, 1.82) is 0 Å². The molecule has 7 heteroatoms. The second-order valence-corrected chi connectivity index (χ2v) is 7.02. The molecule has 27 heavy (non-hydrogen) atoms. The minimum absolute atomic E-state index is 0.0302. The molecule has 3 amide bonds. The summed E-state index contributed by atoms with van der Waals surface area (Å²) in [6.45, 7) is 4.91. The van der Waals surface area contributed by atoms with Gasteiger partial charge in [-0.05, 0) is 43.4 Å². The van der Waals surface area contributed by atoms with E-state index in [0.717, 1.165) is 43.9 Å². The first kappa shape index (κ1) is 18.9. The summed E-state index contributed by atoms with van der Waals surface area (Å²) >= 11 is 0. The third-order valence-corrected chi connectivity index (χ3v) is 5.07. The number of aryl methyl sites for hydroxylation is 1. The first-order valence-corrected chi connectivity index (χ1v) is 9.38. The molecule has 1 atom stereocenters. The van der Waals surface area contributed by atoms with E-state index in [0.29, 0.717) is 18.0 Å². The van der Waals surface area contributed by atoms with E-state index in [1.807, 2.05) is 36.4 Å². The van der Waals surface area contributed by atoms with Crippen molar-refractivity contribution in [3.8, 4) is 0 Å². The fraction of sp³-hybridized carbons (Fsp3) is 0.450. The largest absolute Gasteiger partial charge is 0.355 e. The number of benzene rings is 1. The lowest BCUT2D eigenvalue weighted by Crippen LogP contribution is -2.46. The monoisotopic (exact) mass is 369 g/mol. The summed E-state index contributed by atoms with van der Waals surface area (Å²) in [6, 6.07) is 7.24. The Morgan fingerprint density at radius 2 is 2.04 bits per heavy atom. The summed E-state index contributed by atoms with van der Waals surface area (Å²) < 4.78 is 2.15. The maximum atomic E-state index is 12.5. The van der Waals surface area contributed by atoms with Gasteiger partial charge in [0.2, 0.25) is 0 Å². The third kappa shape index (κ3) is 4.87. The normalized spacial score (nSPS) is 16.8. The molecule has 0 spiro atoms. The molecule has 0 bridgehead atoms. The van der Waals surface area contributed by atoms with Gasteiger partial charge >= 0.3 is 6.03 Å². The zero-order chi connectivity index (χ0) is 19.2. The number of hydrogen-bond acceptors (Lipinski definition) is 3. The second-order valence-electron chi connectivity index (χ2n) is 7.02. The summed E-state index contributed by atoms with van der Waals surface area (Å²) in [5.74, 6) is 1.35. The lowest BCUT2D eigenvalue weighted by molar-refractivity contribution is 0.0963. The molecule has 1 fully saturated rings. The molecule has 0 unspecified atom stereocenters. The highest BCUT2D eigenvalue weighted by Crippen LogP contribution is 2.19. The molecule has 2 N–H and O–H groups in total. The summed E-state index contributed by atoms with van der Waals surface area (Å²) in [5, 5.41) is 5.59. The molecule has 1 aromatic carbocycles. The van der Waals surface area contributed by atoms with Crippen LogP contribution in [0.5, 0.6) is 0 Å². The first-order valence-electron chi connectivity index (χ1n) is 9.38. The van der Waals surface area contributed by atoms with E-state index >= 15 is 0 Å². The van der Waals surface area contributed by atoms with E-state index in [1.165, 1.54) is 0 Å². The van der Waals surface area contributed by atoms with E-state index in [1.54, 1.807) is 19.2 Å². The number of likely N-dealkylation sites (tertiary alicyclic amines) is 1. The van der Waals surface area contributed by atoms with Crippen LogP contribution < -0.4 is 10.6 Å². The van der Waals surface area contributed by atoms with Crippen molar-refractivity contribution in [1.82, 2.24) is 25.1 Å². The topological polar surface area (TPSA) is 79.3 Å². The quantitative estimate of drug-likeness (QED) is 0.848. The molecule has 7 nitrogen and oxygen atoms in total. The molecule has 0 saturated carbocycles. The number of hydrogen-bond donors (Lipinski definition) is 2. The van der Waals surface area contributed by atoms with Gasteiger partial charge in [0.25, 0.3) is 5.91 Å². The predicted octanol–water partition coefficient (Wildman–Crippen LogP) is 2.17. The van der Waals surface area contributed by atoms with Gasteiger partial charge in [-0.25, -0.2) is 9.78 Å². The van der Waals surface area contributed by atoms with Crippen LogP contribution in [-0.4, -0.2) is 46.5 Å². The van der Waals surface area contributed by atoms with Crippen molar-refractivity contribution >= 4 is 11.9 Å². The fourth-order valence-corrected chi connectivity index (χ4v) is 3.48. The van der Waals surface area contributed by atoms with Crippen LogP contribution in [0.4, 0.5) is 4.79 Å². The summed E-state index contributed by atoms with van der Waals surface area (Å²) in [6.07, 6.45) is 5.96. The molecular formula is C20H27N5O2.